The topological polar surface area (TPSA) is 124 Å². The number of fused-ring (bicyclic) bond motifs is 4. The molecule has 35 heavy (non-hydrogen) atoms. The molecule has 4 aromatic rings. The van der Waals surface area contributed by atoms with Gasteiger partial charge >= 0.3 is 0 Å². The van der Waals surface area contributed by atoms with E-state index in [-0.39, 0.29) is 11.9 Å². The zero-order valence-electron chi connectivity index (χ0n) is 19.3. The van der Waals surface area contributed by atoms with E-state index in [9.17, 15) is 4.79 Å². The van der Waals surface area contributed by atoms with Gasteiger partial charge in [-0.1, -0.05) is 30.3 Å². The van der Waals surface area contributed by atoms with Crippen LogP contribution < -0.4 is 16.4 Å². The summed E-state index contributed by atoms with van der Waals surface area (Å²) in [5.74, 6) is 1.01. The van der Waals surface area contributed by atoms with E-state index in [2.05, 4.69) is 49.1 Å². The zero-order chi connectivity index (χ0) is 23.8. The van der Waals surface area contributed by atoms with Crippen molar-refractivity contribution in [2.75, 3.05) is 17.6 Å². The molecule has 4 N–H and O–H groups in total. The average Bonchev–Trinajstić information content (AvgIpc) is 3.12. The predicted molar refractivity (Wildman–Crippen MR) is 134 cm³/mol. The SMILES string of the molecule is Nc1nc(Nc2ccc3c(c2)C(=O)NCCCC3)nn1-c1cc2c(nn1)-c1ccccc1CCC2. The van der Waals surface area contributed by atoms with E-state index in [1.54, 1.807) is 0 Å². The van der Waals surface area contributed by atoms with Crippen LogP contribution in [0.1, 0.15) is 46.3 Å². The monoisotopic (exact) mass is 466 g/mol. The van der Waals surface area contributed by atoms with E-state index in [0.29, 0.717) is 23.9 Å². The van der Waals surface area contributed by atoms with E-state index in [0.717, 1.165) is 66.6 Å². The summed E-state index contributed by atoms with van der Waals surface area (Å²) in [6.07, 6.45) is 5.90. The third-order valence-corrected chi connectivity index (χ3v) is 6.64. The molecule has 1 aliphatic heterocycles. The number of rotatable bonds is 3. The van der Waals surface area contributed by atoms with Crippen LogP contribution in [0.15, 0.2) is 48.5 Å². The van der Waals surface area contributed by atoms with E-state index >= 15 is 0 Å². The summed E-state index contributed by atoms with van der Waals surface area (Å²) in [7, 11) is 0. The van der Waals surface area contributed by atoms with Gasteiger partial charge in [-0.25, -0.2) is 0 Å². The van der Waals surface area contributed by atoms with Gasteiger partial charge in [0.05, 0.1) is 5.69 Å². The summed E-state index contributed by atoms with van der Waals surface area (Å²) in [6, 6.07) is 16.1. The summed E-state index contributed by atoms with van der Waals surface area (Å²) in [5, 5.41) is 19.6. The number of nitrogens with zero attached hydrogens (tertiary/aromatic N) is 5. The molecule has 6 rings (SSSR count). The quantitative estimate of drug-likeness (QED) is 0.421. The van der Waals surface area contributed by atoms with E-state index in [1.165, 1.54) is 10.2 Å². The maximum atomic E-state index is 12.5. The zero-order valence-corrected chi connectivity index (χ0v) is 19.3. The van der Waals surface area contributed by atoms with Crippen molar-refractivity contribution in [1.29, 1.82) is 0 Å². The Morgan fingerprint density at radius 1 is 0.886 bits per heavy atom. The lowest BCUT2D eigenvalue weighted by atomic mass is 9.99. The Bertz CT molecular complexity index is 1430. The van der Waals surface area contributed by atoms with Gasteiger partial charge in [-0.3, -0.25) is 4.79 Å². The van der Waals surface area contributed by atoms with Crippen molar-refractivity contribution in [2.45, 2.75) is 38.5 Å². The number of anilines is 3. The van der Waals surface area contributed by atoms with Gasteiger partial charge in [-0.05, 0) is 73.4 Å². The first-order valence-corrected chi connectivity index (χ1v) is 12.0. The van der Waals surface area contributed by atoms with E-state index < -0.39 is 0 Å². The van der Waals surface area contributed by atoms with E-state index in [4.69, 9.17) is 5.73 Å². The molecule has 176 valence electrons. The van der Waals surface area contributed by atoms with Crippen molar-refractivity contribution >= 4 is 23.5 Å². The van der Waals surface area contributed by atoms with Crippen LogP contribution in [0, 0.1) is 0 Å². The smallest absolute Gasteiger partial charge is 0.251 e. The Kier molecular flexibility index (Phi) is 5.36. The molecule has 0 atom stereocenters. The summed E-state index contributed by atoms with van der Waals surface area (Å²) in [4.78, 5) is 16.9. The number of nitrogens with one attached hydrogen (secondary N) is 2. The van der Waals surface area contributed by atoms with Crippen molar-refractivity contribution in [3.05, 3.63) is 70.8 Å². The lowest BCUT2D eigenvalue weighted by Crippen LogP contribution is -2.27. The minimum Gasteiger partial charge on any atom is -0.368 e. The van der Waals surface area contributed by atoms with Gasteiger partial charge in [0.25, 0.3) is 5.91 Å². The van der Waals surface area contributed by atoms with Crippen molar-refractivity contribution in [3.63, 3.8) is 0 Å². The fraction of sp³-hybridized carbons (Fsp3) is 0.269. The molecule has 1 aliphatic carbocycles. The maximum Gasteiger partial charge on any atom is 0.251 e. The highest BCUT2D eigenvalue weighted by molar-refractivity contribution is 5.96. The van der Waals surface area contributed by atoms with Crippen molar-refractivity contribution in [2.24, 2.45) is 0 Å². The van der Waals surface area contributed by atoms with Crippen LogP contribution in [0.4, 0.5) is 17.6 Å². The van der Waals surface area contributed by atoms with Crippen molar-refractivity contribution in [1.82, 2.24) is 30.3 Å². The van der Waals surface area contributed by atoms with Crippen LogP contribution in [0.5, 0.6) is 0 Å². The van der Waals surface area contributed by atoms with Gasteiger partial charge in [-0.2, -0.15) is 9.67 Å². The molecule has 0 fully saturated rings. The minimum absolute atomic E-state index is 0.0526. The molecule has 0 unspecified atom stereocenters. The molecule has 2 aliphatic rings. The molecular weight excluding hydrogens is 440 g/mol. The lowest BCUT2D eigenvalue weighted by Gasteiger charge is -2.15. The molecule has 3 heterocycles. The normalized spacial score (nSPS) is 15.0. The number of carbonyl (C=O) groups is 1. The number of aryl methyl sites for hydroxylation is 3. The van der Waals surface area contributed by atoms with Crippen LogP contribution in [0.25, 0.3) is 17.1 Å². The molecule has 0 saturated heterocycles. The average molecular weight is 467 g/mol. The minimum atomic E-state index is -0.0526. The van der Waals surface area contributed by atoms with Crippen molar-refractivity contribution in [3.8, 4) is 17.1 Å². The number of carbonyl (C=O) groups excluding carboxylic acids is 1. The molecule has 9 heteroatoms. The third-order valence-electron chi connectivity index (χ3n) is 6.64. The molecule has 9 nitrogen and oxygen atoms in total. The molecule has 1 amide bonds. The molecule has 2 aromatic heterocycles. The molecular formula is C26H26N8O. The first-order valence-electron chi connectivity index (χ1n) is 12.0. The van der Waals surface area contributed by atoms with Gasteiger partial charge in [0.15, 0.2) is 5.82 Å². The highest BCUT2D eigenvalue weighted by atomic mass is 16.1. The Balaban J connectivity index is 1.29. The second-order valence-corrected chi connectivity index (χ2v) is 9.00. The van der Waals surface area contributed by atoms with Crippen LogP contribution in [-0.2, 0) is 19.3 Å². The predicted octanol–water partition coefficient (Wildman–Crippen LogP) is 3.60. The number of nitrogen functional groups attached to an aromatic ring is 1. The van der Waals surface area contributed by atoms with Gasteiger partial charge in [0.2, 0.25) is 11.9 Å². The number of hydrogen-bond donors (Lipinski definition) is 3. The molecule has 2 aromatic carbocycles. The van der Waals surface area contributed by atoms with E-state index in [1.807, 2.05) is 30.3 Å². The van der Waals surface area contributed by atoms with Crippen LogP contribution in [-0.4, -0.2) is 37.4 Å². The standard InChI is InChI=1S/C26H26N8O/c27-25-30-26(29-19-12-11-17-7-3-4-13-28-24(35)21(17)15-19)33-34(25)22-14-18-9-5-8-16-6-1-2-10-20(16)23(18)32-31-22/h1-2,6,10-12,14-15H,3-5,7-9,13H2,(H,28,35)(H3,27,29,30,33). The number of amides is 1. The number of aromatic nitrogens is 5. The Morgan fingerprint density at radius 2 is 1.71 bits per heavy atom. The van der Waals surface area contributed by atoms with Crippen LogP contribution in [0.2, 0.25) is 0 Å². The van der Waals surface area contributed by atoms with Crippen LogP contribution >= 0.6 is 0 Å². The fourth-order valence-corrected chi connectivity index (χ4v) is 4.87. The summed E-state index contributed by atoms with van der Waals surface area (Å²) in [6.45, 7) is 0.700. The molecule has 0 spiro atoms. The first kappa shape index (κ1) is 21.3. The Labute approximate surface area is 202 Å². The van der Waals surface area contributed by atoms with Gasteiger partial charge in [-0.15, -0.1) is 15.3 Å². The first-order chi connectivity index (χ1) is 17.2. The van der Waals surface area contributed by atoms with Gasteiger partial charge in [0, 0.05) is 23.4 Å². The summed E-state index contributed by atoms with van der Waals surface area (Å²) in [5.41, 5.74) is 13.1. The summed E-state index contributed by atoms with van der Waals surface area (Å²) < 4.78 is 1.49. The third kappa shape index (κ3) is 4.09. The van der Waals surface area contributed by atoms with Gasteiger partial charge < -0.3 is 16.4 Å². The van der Waals surface area contributed by atoms with Crippen molar-refractivity contribution < 1.29 is 4.79 Å². The number of benzene rings is 2. The number of nitrogens with two attached hydrogens (primary N) is 1. The molecule has 0 radical (unpaired) electrons. The largest absolute Gasteiger partial charge is 0.368 e. The lowest BCUT2D eigenvalue weighted by molar-refractivity contribution is 0.0950. The molecule has 0 saturated carbocycles. The second kappa shape index (κ2) is 8.83. The number of hydrogen-bond acceptors (Lipinski definition) is 7. The second-order valence-electron chi connectivity index (χ2n) is 9.00. The Morgan fingerprint density at radius 3 is 2.66 bits per heavy atom. The van der Waals surface area contributed by atoms with Crippen LogP contribution in [0.3, 0.4) is 0 Å². The highest BCUT2D eigenvalue weighted by Crippen LogP contribution is 2.31. The Hall–Kier alpha value is -4.27. The summed E-state index contributed by atoms with van der Waals surface area (Å²) >= 11 is 0. The van der Waals surface area contributed by atoms with Gasteiger partial charge in [0.1, 0.15) is 0 Å². The fourth-order valence-electron chi connectivity index (χ4n) is 4.87. The highest BCUT2D eigenvalue weighted by Gasteiger charge is 2.19. The molecule has 0 bridgehead atoms. The maximum absolute atomic E-state index is 12.5.